The van der Waals surface area contributed by atoms with E-state index in [1.165, 1.54) is 11.1 Å². The molecule has 6 unspecified atom stereocenters. The Labute approximate surface area is 134 Å². The fourth-order valence-corrected chi connectivity index (χ4v) is 5.07. The van der Waals surface area contributed by atoms with Gasteiger partial charge in [0.15, 0.2) is 0 Å². The quantitative estimate of drug-likeness (QED) is 0.730. The van der Waals surface area contributed by atoms with E-state index in [1.54, 1.807) is 0 Å². The van der Waals surface area contributed by atoms with Crippen LogP contribution in [0.5, 0.6) is 0 Å². The monoisotopic (exact) mass is 308 g/mol. The van der Waals surface area contributed by atoms with Gasteiger partial charge in [0.25, 0.3) is 0 Å². The van der Waals surface area contributed by atoms with Crippen molar-refractivity contribution in [3.8, 4) is 0 Å². The number of allylic oxidation sites excluding steroid dienone is 1. The Morgan fingerprint density at radius 1 is 1.27 bits per heavy atom. The van der Waals surface area contributed by atoms with Gasteiger partial charge in [-0.2, -0.15) is 0 Å². The summed E-state index contributed by atoms with van der Waals surface area (Å²) in [5, 5.41) is 21.6. The van der Waals surface area contributed by atoms with Crippen LogP contribution in [0.2, 0.25) is 0 Å². The maximum absolute atomic E-state index is 10.9. The van der Waals surface area contributed by atoms with E-state index >= 15 is 0 Å². The van der Waals surface area contributed by atoms with E-state index in [-0.39, 0.29) is 6.10 Å². The normalized spacial score (nSPS) is 49.8. The van der Waals surface area contributed by atoms with Crippen LogP contribution in [-0.2, 0) is 4.74 Å². The summed E-state index contributed by atoms with van der Waals surface area (Å²) in [6.07, 6.45) is 6.74. The first-order valence-corrected chi connectivity index (χ1v) is 9.12. The van der Waals surface area contributed by atoms with Crippen molar-refractivity contribution < 1.29 is 14.9 Å². The summed E-state index contributed by atoms with van der Waals surface area (Å²) in [5.74, 6) is 1.64. The van der Waals surface area contributed by atoms with Crippen LogP contribution in [0.25, 0.3) is 0 Å². The van der Waals surface area contributed by atoms with E-state index in [0.29, 0.717) is 23.9 Å². The lowest BCUT2D eigenvalue weighted by atomic mass is 9.62. The number of ether oxygens (including phenoxy) is 1. The van der Waals surface area contributed by atoms with Crippen LogP contribution >= 0.6 is 0 Å². The minimum absolute atomic E-state index is 0.293. The molecule has 0 bridgehead atoms. The molecular formula is C19H32O3. The highest BCUT2D eigenvalue weighted by atomic mass is 16.5. The summed E-state index contributed by atoms with van der Waals surface area (Å²) in [5.41, 5.74) is 1.90. The van der Waals surface area contributed by atoms with Crippen LogP contribution in [-0.4, -0.2) is 34.6 Å². The van der Waals surface area contributed by atoms with Crippen LogP contribution in [0.4, 0.5) is 0 Å². The van der Waals surface area contributed by atoms with E-state index in [9.17, 15) is 10.2 Å². The highest BCUT2D eigenvalue weighted by Gasteiger charge is 2.48. The molecule has 0 aromatic carbocycles. The fourth-order valence-electron chi connectivity index (χ4n) is 5.07. The molecule has 0 aromatic heterocycles. The van der Waals surface area contributed by atoms with Crippen LogP contribution < -0.4 is 0 Å². The largest absolute Gasteiger partial charge is 0.390 e. The number of rotatable bonds is 1. The summed E-state index contributed by atoms with van der Waals surface area (Å²) >= 11 is 0. The zero-order chi connectivity index (χ0) is 15.9. The van der Waals surface area contributed by atoms with Crippen LogP contribution in [0, 0.1) is 17.8 Å². The first-order valence-electron chi connectivity index (χ1n) is 9.12. The zero-order valence-corrected chi connectivity index (χ0v) is 14.3. The maximum atomic E-state index is 10.9. The Balaban J connectivity index is 1.87. The molecule has 1 saturated heterocycles. The standard InChI is InChI=1S/C19H32O3/c1-4-14-12(2)7-8-19(3,21)10-15-13(9-17(14)20)5-6-18-16(15)11-22-18/h13,15-18,20-21H,4-11H2,1-3H3/b14-12+. The summed E-state index contributed by atoms with van der Waals surface area (Å²) in [4.78, 5) is 0. The lowest BCUT2D eigenvalue weighted by molar-refractivity contribution is -0.184. The molecule has 126 valence electrons. The average molecular weight is 308 g/mol. The van der Waals surface area contributed by atoms with Gasteiger partial charge in [-0.3, -0.25) is 0 Å². The molecule has 2 N–H and O–H groups in total. The van der Waals surface area contributed by atoms with Gasteiger partial charge in [0, 0.05) is 5.92 Å². The number of aliphatic hydroxyl groups is 2. The molecule has 2 aliphatic carbocycles. The Bertz CT molecular complexity index is 440. The van der Waals surface area contributed by atoms with Crippen molar-refractivity contribution in [1.29, 1.82) is 0 Å². The molecular weight excluding hydrogens is 276 g/mol. The third-order valence-corrected chi connectivity index (χ3v) is 6.53. The minimum Gasteiger partial charge on any atom is -0.390 e. The highest BCUT2D eigenvalue weighted by Crippen LogP contribution is 2.48. The number of aliphatic hydroxyl groups excluding tert-OH is 1. The maximum Gasteiger partial charge on any atom is 0.0755 e. The third kappa shape index (κ3) is 3.13. The van der Waals surface area contributed by atoms with Gasteiger partial charge in [0.05, 0.1) is 24.4 Å². The molecule has 0 amide bonds. The molecule has 1 aliphatic heterocycles. The van der Waals surface area contributed by atoms with Gasteiger partial charge in [-0.05, 0) is 76.2 Å². The molecule has 1 heterocycles. The van der Waals surface area contributed by atoms with E-state index in [1.807, 2.05) is 6.92 Å². The van der Waals surface area contributed by atoms with Crippen molar-refractivity contribution in [3.05, 3.63) is 11.1 Å². The molecule has 1 saturated carbocycles. The van der Waals surface area contributed by atoms with Crippen molar-refractivity contribution in [2.45, 2.75) is 83.5 Å². The summed E-state index contributed by atoms with van der Waals surface area (Å²) < 4.78 is 5.71. The van der Waals surface area contributed by atoms with Gasteiger partial charge in [-0.15, -0.1) is 0 Å². The molecule has 0 aromatic rings. The highest BCUT2D eigenvalue weighted by molar-refractivity contribution is 5.17. The van der Waals surface area contributed by atoms with Crippen molar-refractivity contribution in [2.24, 2.45) is 17.8 Å². The molecule has 3 aliphatic rings. The fraction of sp³-hybridized carbons (Fsp3) is 0.895. The second-order valence-electron chi connectivity index (χ2n) is 8.15. The van der Waals surface area contributed by atoms with E-state index in [2.05, 4.69) is 13.8 Å². The molecule has 6 atom stereocenters. The van der Waals surface area contributed by atoms with Gasteiger partial charge in [0.1, 0.15) is 0 Å². The molecule has 0 radical (unpaired) electrons. The van der Waals surface area contributed by atoms with Gasteiger partial charge in [0.2, 0.25) is 0 Å². The second kappa shape index (κ2) is 6.26. The number of fused-ring (bicyclic) bond motifs is 3. The zero-order valence-electron chi connectivity index (χ0n) is 14.3. The molecule has 3 rings (SSSR count). The predicted octanol–water partition coefficient (Wildman–Crippen LogP) is 3.44. The van der Waals surface area contributed by atoms with Crippen LogP contribution in [0.3, 0.4) is 0 Å². The lowest BCUT2D eigenvalue weighted by Crippen LogP contribution is -2.52. The Hall–Kier alpha value is -0.380. The van der Waals surface area contributed by atoms with Crippen LogP contribution in [0.15, 0.2) is 11.1 Å². The van der Waals surface area contributed by atoms with Gasteiger partial charge in [-0.25, -0.2) is 0 Å². The van der Waals surface area contributed by atoms with E-state index in [0.717, 1.165) is 51.6 Å². The Morgan fingerprint density at radius 3 is 2.68 bits per heavy atom. The Kier molecular flexibility index (Phi) is 4.69. The van der Waals surface area contributed by atoms with Crippen molar-refractivity contribution >= 4 is 0 Å². The average Bonchev–Trinajstić information content (AvgIpc) is 2.41. The van der Waals surface area contributed by atoms with Crippen molar-refractivity contribution in [1.82, 2.24) is 0 Å². The SMILES string of the molecule is CC/C1=C(/C)CCC(C)(O)CC2C(CCC3OCC32)CC1O. The second-order valence-corrected chi connectivity index (χ2v) is 8.15. The first kappa shape index (κ1) is 16.5. The number of hydrogen-bond donors (Lipinski definition) is 2. The van der Waals surface area contributed by atoms with E-state index < -0.39 is 5.60 Å². The summed E-state index contributed by atoms with van der Waals surface area (Å²) in [6, 6.07) is 0. The number of hydrogen-bond acceptors (Lipinski definition) is 3. The lowest BCUT2D eigenvalue weighted by Gasteiger charge is -2.51. The predicted molar refractivity (Wildman–Crippen MR) is 87.5 cm³/mol. The first-order chi connectivity index (χ1) is 10.4. The van der Waals surface area contributed by atoms with Crippen LogP contribution in [0.1, 0.15) is 65.7 Å². The van der Waals surface area contributed by atoms with E-state index in [4.69, 9.17) is 4.74 Å². The van der Waals surface area contributed by atoms with Crippen molar-refractivity contribution in [2.75, 3.05) is 6.61 Å². The van der Waals surface area contributed by atoms with Crippen molar-refractivity contribution in [3.63, 3.8) is 0 Å². The third-order valence-electron chi connectivity index (χ3n) is 6.53. The Morgan fingerprint density at radius 2 is 2.05 bits per heavy atom. The molecule has 3 heteroatoms. The molecule has 0 spiro atoms. The minimum atomic E-state index is -0.594. The topological polar surface area (TPSA) is 49.7 Å². The molecule has 3 nitrogen and oxygen atoms in total. The van der Waals surface area contributed by atoms with Gasteiger partial charge in [-0.1, -0.05) is 12.5 Å². The van der Waals surface area contributed by atoms with Gasteiger partial charge < -0.3 is 14.9 Å². The smallest absolute Gasteiger partial charge is 0.0755 e. The van der Waals surface area contributed by atoms with Gasteiger partial charge >= 0.3 is 0 Å². The molecule has 2 fully saturated rings. The summed E-state index contributed by atoms with van der Waals surface area (Å²) in [6.45, 7) is 7.13. The summed E-state index contributed by atoms with van der Waals surface area (Å²) in [7, 11) is 0. The molecule has 22 heavy (non-hydrogen) atoms.